The van der Waals surface area contributed by atoms with E-state index in [1.54, 1.807) is 0 Å². The monoisotopic (exact) mass is 382 g/mol. The van der Waals surface area contributed by atoms with Crippen molar-refractivity contribution in [2.45, 2.75) is 46.1 Å². The highest BCUT2D eigenvalue weighted by molar-refractivity contribution is 7.16. The van der Waals surface area contributed by atoms with Crippen LogP contribution in [0, 0.1) is 19.8 Å². The second kappa shape index (κ2) is 7.90. The van der Waals surface area contributed by atoms with Crippen molar-refractivity contribution in [2.24, 2.45) is 5.92 Å². The number of aromatic nitrogens is 3. The maximum absolute atomic E-state index is 12.0. The number of aryl methyl sites for hydroxylation is 3. The van der Waals surface area contributed by atoms with Gasteiger partial charge in [0.25, 0.3) is 5.56 Å². The molecule has 1 aliphatic heterocycles. The molecular weight excluding hydrogens is 356 g/mol. The van der Waals surface area contributed by atoms with Crippen LogP contribution in [0.5, 0.6) is 0 Å². The number of benzene rings is 1. The summed E-state index contributed by atoms with van der Waals surface area (Å²) in [5.41, 5.74) is 3.44. The molecule has 0 amide bonds. The van der Waals surface area contributed by atoms with Gasteiger partial charge in [-0.3, -0.25) is 9.69 Å². The Balaban J connectivity index is 1.30. The highest BCUT2D eigenvalue weighted by Gasteiger charge is 2.20. The van der Waals surface area contributed by atoms with Gasteiger partial charge in [0.05, 0.1) is 6.54 Å². The molecule has 4 rings (SSSR count). The minimum absolute atomic E-state index is 0.0881. The molecule has 1 fully saturated rings. The summed E-state index contributed by atoms with van der Waals surface area (Å²) in [6.07, 6.45) is 4.94. The minimum Gasteiger partial charge on any atom is -0.297 e. The lowest BCUT2D eigenvalue weighted by Gasteiger charge is -2.31. The molecule has 6 heteroatoms. The highest BCUT2D eigenvalue weighted by atomic mass is 32.1. The van der Waals surface area contributed by atoms with Gasteiger partial charge >= 0.3 is 0 Å². The zero-order chi connectivity index (χ0) is 18.8. The first-order chi connectivity index (χ1) is 13.1. The van der Waals surface area contributed by atoms with Gasteiger partial charge in [0.15, 0.2) is 0 Å². The Bertz CT molecular complexity index is 968. The molecule has 27 heavy (non-hydrogen) atoms. The van der Waals surface area contributed by atoms with Crippen LogP contribution in [0.3, 0.4) is 0 Å². The normalized spacial score (nSPS) is 16.2. The van der Waals surface area contributed by atoms with Gasteiger partial charge in [0.2, 0.25) is 4.96 Å². The van der Waals surface area contributed by atoms with Gasteiger partial charge in [-0.05, 0) is 64.1 Å². The van der Waals surface area contributed by atoms with E-state index in [1.807, 2.05) is 6.92 Å². The number of fused-ring (bicyclic) bond motifs is 1. The average molecular weight is 383 g/mol. The average Bonchev–Trinajstić information content (AvgIpc) is 3.05. The van der Waals surface area contributed by atoms with Crippen LogP contribution < -0.4 is 5.56 Å². The first kappa shape index (κ1) is 18.3. The maximum atomic E-state index is 12.0. The van der Waals surface area contributed by atoms with Gasteiger partial charge in [-0.2, -0.15) is 9.61 Å². The van der Waals surface area contributed by atoms with Crippen molar-refractivity contribution < 1.29 is 0 Å². The van der Waals surface area contributed by atoms with E-state index in [2.05, 4.69) is 46.2 Å². The minimum atomic E-state index is -0.0881. The van der Waals surface area contributed by atoms with Crippen LogP contribution in [0.1, 0.15) is 41.1 Å². The number of nitrogens with zero attached hydrogens (tertiary/aromatic N) is 4. The first-order valence-electron chi connectivity index (χ1n) is 9.71. The molecule has 0 N–H and O–H groups in total. The topological polar surface area (TPSA) is 50.5 Å². The summed E-state index contributed by atoms with van der Waals surface area (Å²) in [6.45, 7) is 7.02. The highest BCUT2D eigenvalue weighted by Crippen LogP contribution is 2.24. The zero-order valence-corrected chi connectivity index (χ0v) is 16.8. The summed E-state index contributed by atoms with van der Waals surface area (Å²) < 4.78 is 1.43. The van der Waals surface area contributed by atoms with Gasteiger partial charge in [-0.25, -0.2) is 4.98 Å². The Morgan fingerprint density at radius 3 is 2.63 bits per heavy atom. The largest absolute Gasteiger partial charge is 0.297 e. The molecule has 5 nitrogen and oxygen atoms in total. The lowest BCUT2D eigenvalue weighted by atomic mass is 9.90. The fourth-order valence-electron chi connectivity index (χ4n) is 3.77. The van der Waals surface area contributed by atoms with E-state index < -0.39 is 0 Å². The quantitative estimate of drug-likeness (QED) is 0.676. The van der Waals surface area contributed by atoms with E-state index in [4.69, 9.17) is 0 Å². The second-order valence-corrected chi connectivity index (χ2v) is 8.71. The van der Waals surface area contributed by atoms with Crippen molar-refractivity contribution >= 4 is 16.3 Å². The summed E-state index contributed by atoms with van der Waals surface area (Å²) in [5, 5.41) is 5.44. The molecule has 3 aromatic rings. The van der Waals surface area contributed by atoms with Crippen LogP contribution in [0.2, 0.25) is 0 Å². The van der Waals surface area contributed by atoms with Crippen LogP contribution in [0.25, 0.3) is 4.96 Å². The molecule has 0 atom stereocenters. The Labute approximate surface area is 163 Å². The Kier molecular flexibility index (Phi) is 5.36. The number of rotatable bonds is 5. The van der Waals surface area contributed by atoms with Crippen LogP contribution >= 0.6 is 11.3 Å². The van der Waals surface area contributed by atoms with Crippen LogP contribution in [-0.4, -0.2) is 32.6 Å². The van der Waals surface area contributed by atoms with E-state index in [0.29, 0.717) is 4.96 Å². The maximum Gasteiger partial charge on any atom is 0.275 e. The second-order valence-electron chi connectivity index (χ2n) is 7.67. The molecule has 2 aromatic heterocycles. The number of likely N-dealkylation sites (tertiary alicyclic amines) is 1. The SMILES string of the molecule is Cc1ccc(CCC2CCN(Cc3nn4c(=O)cc(C)nc4s3)CC2)cc1. The summed E-state index contributed by atoms with van der Waals surface area (Å²) in [5.74, 6) is 0.810. The smallest absolute Gasteiger partial charge is 0.275 e. The molecule has 0 unspecified atom stereocenters. The van der Waals surface area contributed by atoms with Crippen LogP contribution in [-0.2, 0) is 13.0 Å². The van der Waals surface area contributed by atoms with Crippen molar-refractivity contribution in [1.29, 1.82) is 0 Å². The summed E-state index contributed by atoms with van der Waals surface area (Å²) in [4.78, 5) is 19.6. The van der Waals surface area contributed by atoms with E-state index in [-0.39, 0.29) is 5.56 Å². The lowest BCUT2D eigenvalue weighted by Crippen LogP contribution is -2.33. The third-order valence-electron chi connectivity index (χ3n) is 5.44. The fourth-order valence-corrected chi connectivity index (χ4v) is 4.76. The number of hydrogen-bond acceptors (Lipinski definition) is 5. The van der Waals surface area contributed by atoms with Gasteiger partial charge in [-0.1, -0.05) is 41.2 Å². The standard InChI is InChI=1S/C21H26N4OS/c1-15-3-5-17(6-4-15)7-8-18-9-11-24(12-10-18)14-19-23-25-20(26)13-16(2)22-21(25)27-19/h3-6,13,18H,7-12,14H2,1-2H3. The molecule has 0 aliphatic carbocycles. The lowest BCUT2D eigenvalue weighted by molar-refractivity contribution is 0.172. The van der Waals surface area contributed by atoms with Gasteiger partial charge in [-0.15, -0.1) is 0 Å². The molecule has 0 radical (unpaired) electrons. The molecule has 0 bridgehead atoms. The number of hydrogen-bond donors (Lipinski definition) is 0. The van der Waals surface area contributed by atoms with E-state index in [0.717, 1.165) is 36.3 Å². The van der Waals surface area contributed by atoms with Crippen molar-refractivity contribution in [3.05, 3.63) is 62.5 Å². The molecule has 142 valence electrons. The summed E-state index contributed by atoms with van der Waals surface area (Å²) in [7, 11) is 0. The molecular formula is C21H26N4OS. The Morgan fingerprint density at radius 1 is 1.15 bits per heavy atom. The summed E-state index contributed by atoms with van der Waals surface area (Å²) in [6, 6.07) is 10.5. The third-order valence-corrected chi connectivity index (χ3v) is 6.34. The molecule has 1 aliphatic rings. The van der Waals surface area contributed by atoms with Gasteiger partial charge in [0, 0.05) is 11.8 Å². The van der Waals surface area contributed by atoms with E-state index in [9.17, 15) is 4.79 Å². The zero-order valence-electron chi connectivity index (χ0n) is 16.0. The van der Waals surface area contributed by atoms with Crippen molar-refractivity contribution in [2.75, 3.05) is 13.1 Å². The third kappa shape index (κ3) is 4.45. The van der Waals surface area contributed by atoms with Crippen LogP contribution in [0.15, 0.2) is 35.1 Å². The van der Waals surface area contributed by atoms with E-state index >= 15 is 0 Å². The number of piperidine rings is 1. The van der Waals surface area contributed by atoms with E-state index in [1.165, 1.54) is 58.7 Å². The fraction of sp³-hybridized carbons (Fsp3) is 0.476. The Morgan fingerprint density at radius 2 is 1.89 bits per heavy atom. The van der Waals surface area contributed by atoms with Gasteiger partial charge in [0.1, 0.15) is 5.01 Å². The molecule has 3 heterocycles. The van der Waals surface area contributed by atoms with Gasteiger partial charge < -0.3 is 0 Å². The van der Waals surface area contributed by atoms with Crippen molar-refractivity contribution in [3.8, 4) is 0 Å². The van der Waals surface area contributed by atoms with Crippen molar-refractivity contribution in [3.63, 3.8) is 0 Å². The summed E-state index contributed by atoms with van der Waals surface area (Å²) >= 11 is 1.53. The Hall–Kier alpha value is -2.05. The predicted octanol–water partition coefficient (Wildman–Crippen LogP) is 3.61. The molecule has 0 spiro atoms. The predicted molar refractivity (Wildman–Crippen MR) is 109 cm³/mol. The molecule has 1 saturated heterocycles. The first-order valence-corrected chi connectivity index (χ1v) is 10.5. The van der Waals surface area contributed by atoms with Crippen molar-refractivity contribution in [1.82, 2.24) is 19.5 Å². The molecule has 1 aromatic carbocycles. The van der Waals surface area contributed by atoms with Crippen LogP contribution in [0.4, 0.5) is 0 Å². The molecule has 0 saturated carbocycles.